The second-order valence-corrected chi connectivity index (χ2v) is 12.5. The Balaban J connectivity index is 0.000000345. The van der Waals surface area contributed by atoms with Crippen LogP contribution < -0.4 is 9.47 Å². The van der Waals surface area contributed by atoms with Crippen LogP contribution >= 0.6 is 11.8 Å². The van der Waals surface area contributed by atoms with Gasteiger partial charge in [0.05, 0.1) is 12.5 Å². The molecule has 0 fully saturated rings. The Morgan fingerprint density at radius 2 is 1.73 bits per heavy atom. The minimum absolute atomic E-state index is 0.119. The van der Waals surface area contributed by atoms with Gasteiger partial charge in [0, 0.05) is 37.7 Å². The first-order chi connectivity index (χ1) is 21.2. The van der Waals surface area contributed by atoms with E-state index in [-0.39, 0.29) is 24.8 Å². The number of rotatable bonds is 11. The third-order valence-corrected chi connectivity index (χ3v) is 8.73. The van der Waals surface area contributed by atoms with Crippen molar-refractivity contribution < 1.29 is 33.3 Å². The van der Waals surface area contributed by atoms with E-state index in [1.54, 1.807) is 21.0 Å². The van der Waals surface area contributed by atoms with Gasteiger partial charge >= 0.3 is 11.9 Å². The second-order valence-electron chi connectivity index (χ2n) is 11.4. The van der Waals surface area contributed by atoms with Gasteiger partial charge in [-0.15, -0.1) is 11.8 Å². The molecule has 0 radical (unpaired) electrons. The third-order valence-electron chi connectivity index (χ3n) is 7.63. The molecule has 5 rings (SSSR count). The van der Waals surface area contributed by atoms with Crippen LogP contribution in [0, 0.1) is 19.8 Å². The summed E-state index contributed by atoms with van der Waals surface area (Å²) in [5, 5.41) is 0. The van der Waals surface area contributed by atoms with Crippen molar-refractivity contribution in [2.45, 2.75) is 71.3 Å². The van der Waals surface area contributed by atoms with Gasteiger partial charge in [0.25, 0.3) is 0 Å². The Bertz CT molecular complexity index is 1430. The highest BCUT2D eigenvalue weighted by Crippen LogP contribution is 2.43. The van der Waals surface area contributed by atoms with E-state index < -0.39 is 5.97 Å². The van der Waals surface area contributed by atoms with Crippen LogP contribution in [-0.4, -0.2) is 44.8 Å². The fourth-order valence-electron chi connectivity index (χ4n) is 5.52. The molecule has 236 valence electrons. The van der Waals surface area contributed by atoms with Crippen molar-refractivity contribution in [3.8, 4) is 22.6 Å². The number of carbonyl (C=O) groups excluding carboxylic acids is 2. The van der Waals surface area contributed by atoms with Gasteiger partial charge in [-0.1, -0.05) is 38.1 Å². The van der Waals surface area contributed by atoms with E-state index in [9.17, 15) is 9.59 Å². The van der Waals surface area contributed by atoms with Crippen molar-refractivity contribution in [2.24, 2.45) is 5.92 Å². The van der Waals surface area contributed by atoms with Crippen LogP contribution in [0.2, 0.25) is 0 Å². The van der Waals surface area contributed by atoms with E-state index in [1.807, 2.05) is 11.8 Å². The Morgan fingerprint density at radius 1 is 0.955 bits per heavy atom. The summed E-state index contributed by atoms with van der Waals surface area (Å²) in [5.74, 6) is 2.10. The summed E-state index contributed by atoms with van der Waals surface area (Å²) in [6.07, 6.45) is 4.26. The smallest absolute Gasteiger partial charge is 0.311 e. The van der Waals surface area contributed by atoms with Crippen LogP contribution in [0.15, 0.2) is 53.4 Å². The number of aryl methyl sites for hydroxylation is 3. The lowest BCUT2D eigenvalue weighted by Crippen LogP contribution is -2.15. The molecule has 0 spiro atoms. The molecular formula is C36H44O7S. The first-order valence-corrected chi connectivity index (χ1v) is 16.2. The normalized spacial score (nSPS) is 14.8. The molecule has 0 aromatic heterocycles. The van der Waals surface area contributed by atoms with Crippen LogP contribution in [0.1, 0.15) is 67.5 Å². The van der Waals surface area contributed by atoms with Crippen molar-refractivity contribution in [1.29, 1.82) is 0 Å². The van der Waals surface area contributed by atoms with Gasteiger partial charge in [0.15, 0.2) is 0 Å². The van der Waals surface area contributed by atoms with Crippen LogP contribution in [0.4, 0.5) is 0 Å². The average Bonchev–Trinajstić information content (AvgIpc) is 3.62. The molecule has 1 aliphatic heterocycles. The zero-order valence-electron chi connectivity index (χ0n) is 26.7. The number of thioether (sulfide) groups is 1. The molecule has 7 nitrogen and oxygen atoms in total. The average molecular weight is 621 g/mol. The summed E-state index contributed by atoms with van der Waals surface area (Å²) in [7, 11) is 1.72. The van der Waals surface area contributed by atoms with Crippen molar-refractivity contribution >= 4 is 23.7 Å². The minimum atomic E-state index is -0.457. The quantitative estimate of drug-likeness (QED) is 0.122. The third kappa shape index (κ3) is 8.79. The van der Waals surface area contributed by atoms with Gasteiger partial charge in [-0.05, 0) is 96.3 Å². The van der Waals surface area contributed by atoms with Crippen LogP contribution in [-0.2, 0) is 36.6 Å². The van der Waals surface area contributed by atoms with Crippen molar-refractivity contribution in [2.75, 3.05) is 32.9 Å². The summed E-state index contributed by atoms with van der Waals surface area (Å²) in [5.41, 5.74) is 9.39. The monoisotopic (exact) mass is 620 g/mol. The Morgan fingerprint density at radius 3 is 2.43 bits per heavy atom. The number of carbonyl (C=O) groups is 2. The van der Waals surface area contributed by atoms with Gasteiger partial charge < -0.3 is 23.7 Å². The molecule has 1 atom stereocenters. The lowest BCUT2D eigenvalue weighted by atomic mass is 9.90. The van der Waals surface area contributed by atoms with Gasteiger partial charge in [-0.2, -0.15) is 0 Å². The first kappa shape index (κ1) is 33.4. The molecule has 3 aromatic carbocycles. The number of hydrogen-bond donors (Lipinski definition) is 0. The lowest BCUT2D eigenvalue weighted by Gasteiger charge is -2.18. The number of benzene rings is 3. The maximum absolute atomic E-state index is 10.7. The van der Waals surface area contributed by atoms with Crippen molar-refractivity contribution in [3.05, 3.63) is 76.3 Å². The summed E-state index contributed by atoms with van der Waals surface area (Å²) in [6, 6.07) is 17.6. The van der Waals surface area contributed by atoms with Crippen LogP contribution in [0.25, 0.3) is 11.1 Å². The summed E-state index contributed by atoms with van der Waals surface area (Å²) < 4.78 is 26.5. The summed E-state index contributed by atoms with van der Waals surface area (Å²) in [4.78, 5) is 22.3. The molecular weight excluding hydrogens is 576 g/mol. The molecule has 3 aromatic rings. The van der Waals surface area contributed by atoms with E-state index in [4.69, 9.17) is 14.2 Å². The Hall–Kier alpha value is -3.49. The molecule has 0 bridgehead atoms. The maximum Gasteiger partial charge on any atom is 0.311 e. The first-order valence-electron chi connectivity index (χ1n) is 15.3. The van der Waals surface area contributed by atoms with Crippen molar-refractivity contribution in [3.63, 3.8) is 0 Å². The highest BCUT2D eigenvalue weighted by Gasteiger charge is 2.28. The van der Waals surface area contributed by atoms with Crippen molar-refractivity contribution in [1.82, 2.24) is 0 Å². The highest BCUT2D eigenvalue weighted by molar-refractivity contribution is 7.99. The summed E-state index contributed by atoms with van der Waals surface area (Å²) >= 11 is 1.94. The number of methoxy groups -OCH3 is 1. The molecule has 0 amide bonds. The molecule has 1 aliphatic carbocycles. The van der Waals surface area contributed by atoms with Gasteiger partial charge in [-0.3, -0.25) is 9.59 Å². The number of hydrogen-bond acceptors (Lipinski definition) is 8. The molecule has 8 heteroatoms. The predicted octanol–water partition coefficient (Wildman–Crippen LogP) is 7.81. The molecule has 0 saturated heterocycles. The molecule has 2 aliphatic rings. The fraction of sp³-hybridized carbons (Fsp3) is 0.444. The topological polar surface area (TPSA) is 80.3 Å². The SMILES string of the molecule is CC(=O)OCOC(=O)C(C)C.COCCCOc1cc(C)c(-c2cccc3c2CCC3Oc2ccc3c(c2)SCC3)c(C)c1. The number of ether oxygens (including phenoxy) is 5. The van der Waals surface area contributed by atoms with E-state index in [2.05, 4.69) is 71.9 Å². The molecule has 0 N–H and O–H groups in total. The molecule has 44 heavy (non-hydrogen) atoms. The fourth-order valence-corrected chi connectivity index (χ4v) is 6.62. The molecule has 0 saturated carbocycles. The maximum atomic E-state index is 10.7. The largest absolute Gasteiger partial charge is 0.493 e. The number of fused-ring (bicyclic) bond motifs is 2. The van der Waals surface area contributed by atoms with E-state index in [0.29, 0.717) is 6.61 Å². The van der Waals surface area contributed by atoms with Gasteiger partial charge in [0.2, 0.25) is 6.79 Å². The van der Waals surface area contributed by atoms with E-state index in [0.717, 1.165) is 37.4 Å². The minimum Gasteiger partial charge on any atom is -0.493 e. The molecule has 1 unspecified atom stereocenters. The molecule has 1 heterocycles. The zero-order valence-corrected chi connectivity index (χ0v) is 27.5. The van der Waals surface area contributed by atoms with Gasteiger partial charge in [-0.25, -0.2) is 0 Å². The van der Waals surface area contributed by atoms with Crippen LogP contribution in [0.3, 0.4) is 0 Å². The van der Waals surface area contributed by atoms with Crippen LogP contribution in [0.5, 0.6) is 11.5 Å². The number of esters is 2. The lowest BCUT2D eigenvalue weighted by molar-refractivity contribution is -0.168. The summed E-state index contributed by atoms with van der Waals surface area (Å²) in [6.45, 7) is 10.2. The van der Waals surface area contributed by atoms with E-state index >= 15 is 0 Å². The van der Waals surface area contributed by atoms with Gasteiger partial charge in [0.1, 0.15) is 17.6 Å². The Kier molecular flexibility index (Phi) is 12.1. The standard InChI is InChI=1S/C29H32O3S.C7H12O4/c1-19-16-23(31-14-5-13-30-3)17-20(2)29(19)26-7-4-6-25-24(26)10-11-27(25)32-22-9-8-21-12-15-33-28(21)18-22;1-5(2)7(9)11-4-10-6(3)8/h4,6-9,16-18,27H,5,10-15H2,1-3H3;5H,4H2,1-3H3. The predicted molar refractivity (Wildman–Crippen MR) is 173 cm³/mol. The Labute approximate surface area is 265 Å². The second kappa shape index (κ2) is 16.0. The highest BCUT2D eigenvalue weighted by atomic mass is 32.2. The zero-order chi connectivity index (χ0) is 31.6. The van der Waals surface area contributed by atoms with E-state index in [1.165, 1.54) is 62.9 Å².